The van der Waals surface area contributed by atoms with Crippen molar-refractivity contribution in [2.75, 3.05) is 21.2 Å². The molecule has 0 bridgehead atoms. The molecule has 0 N–H and O–H groups in total. The topological polar surface area (TPSA) is 39.5 Å². The van der Waals surface area contributed by atoms with E-state index in [1.807, 2.05) is 11.4 Å². The van der Waals surface area contributed by atoms with Crippen LogP contribution in [0.3, 0.4) is 0 Å². The fourth-order valence-electron chi connectivity index (χ4n) is 0.428. The molecule has 70 valence electrons. The monoisotopic (exact) mass is 413 g/mol. The molecule has 0 aromatic carbocycles. The summed E-state index contributed by atoms with van der Waals surface area (Å²) in [6, 6.07) is 0. The van der Waals surface area contributed by atoms with Gasteiger partial charge in [-0.05, 0) is 45.2 Å². The maximum absolute atomic E-state index is 8.68. The number of hydrogen-bond donors (Lipinski definition) is 0. The molecule has 4 nitrogen and oxygen atoms in total. The van der Waals surface area contributed by atoms with E-state index < -0.39 is 1.68 Å². The minimum absolute atomic E-state index is 0.398. The Labute approximate surface area is 104 Å². The van der Waals surface area contributed by atoms with Crippen LogP contribution in [-0.4, -0.2) is 32.1 Å². The van der Waals surface area contributed by atoms with Crippen LogP contribution in [0.15, 0.2) is 0 Å². The molecule has 0 heterocycles. The highest BCUT2D eigenvalue weighted by atomic mass is 127. The second kappa shape index (κ2) is 5.69. The summed E-state index contributed by atoms with van der Waals surface area (Å²) in [6.07, 6.45) is 2.05. The van der Waals surface area contributed by atoms with E-state index in [9.17, 15) is 0 Å². The molecule has 0 saturated heterocycles. The standard InChI is InChI=1S/C5H9I2N3OS/c1-9(4-8)5(6,7)10(2)12-11-3/h1-3H3. The van der Waals surface area contributed by atoms with E-state index in [4.69, 9.17) is 9.44 Å². The van der Waals surface area contributed by atoms with Gasteiger partial charge < -0.3 is 4.18 Å². The number of nitriles is 1. The van der Waals surface area contributed by atoms with Gasteiger partial charge in [0.05, 0.1) is 19.3 Å². The molecule has 0 rings (SSSR count). The summed E-state index contributed by atoms with van der Waals surface area (Å²) >= 11 is 5.54. The van der Waals surface area contributed by atoms with Crippen LogP contribution in [0.1, 0.15) is 0 Å². The Kier molecular flexibility index (Phi) is 6.17. The number of halogens is 2. The zero-order chi connectivity index (χ0) is 9.78. The van der Waals surface area contributed by atoms with Gasteiger partial charge >= 0.3 is 0 Å². The molecule has 0 aliphatic rings. The van der Waals surface area contributed by atoms with Crippen molar-refractivity contribution in [3.8, 4) is 6.19 Å². The molecule has 7 heteroatoms. The lowest BCUT2D eigenvalue weighted by Crippen LogP contribution is -2.42. The Hall–Kier alpha value is 1.02. The van der Waals surface area contributed by atoms with Crippen LogP contribution in [-0.2, 0) is 4.18 Å². The van der Waals surface area contributed by atoms with Gasteiger partial charge in [0, 0.05) is 14.1 Å². The number of rotatable bonds is 4. The van der Waals surface area contributed by atoms with Crippen molar-refractivity contribution >= 4 is 57.4 Å². The molecular weight excluding hydrogens is 404 g/mol. The lowest BCUT2D eigenvalue weighted by Gasteiger charge is -2.33. The zero-order valence-electron chi connectivity index (χ0n) is 6.91. The summed E-state index contributed by atoms with van der Waals surface area (Å²) in [5, 5.41) is 8.68. The van der Waals surface area contributed by atoms with Gasteiger partial charge in [-0.2, -0.15) is 9.57 Å². The summed E-state index contributed by atoms with van der Waals surface area (Å²) < 4.78 is 6.33. The van der Waals surface area contributed by atoms with Gasteiger partial charge in [-0.3, -0.25) is 4.90 Å². The minimum Gasteiger partial charge on any atom is -0.304 e. The predicted molar refractivity (Wildman–Crippen MR) is 66.5 cm³/mol. The average Bonchev–Trinajstić information content (AvgIpc) is 2.03. The number of alkyl halides is 2. The van der Waals surface area contributed by atoms with Crippen molar-refractivity contribution < 1.29 is 4.18 Å². The number of nitrogens with zero attached hydrogens (tertiary/aromatic N) is 3. The van der Waals surface area contributed by atoms with Gasteiger partial charge in [0.15, 0.2) is 6.19 Å². The minimum atomic E-state index is -0.398. The fourth-order valence-corrected chi connectivity index (χ4v) is 1.56. The Morgan fingerprint density at radius 1 is 1.50 bits per heavy atom. The third-order valence-corrected chi connectivity index (χ3v) is 5.30. The van der Waals surface area contributed by atoms with Crippen molar-refractivity contribution in [3.63, 3.8) is 0 Å². The summed E-state index contributed by atoms with van der Waals surface area (Å²) in [7, 11) is 5.18. The van der Waals surface area contributed by atoms with Crippen molar-refractivity contribution in [2.45, 2.75) is 1.68 Å². The molecule has 0 saturated carbocycles. The second-order valence-electron chi connectivity index (χ2n) is 1.91. The highest BCUT2D eigenvalue weighted by Crippen LogP contribution is 2.37. The molecule has 0 spiro atoms. The molecule has 12 heavy (non-hydrogen) atoms. The van der Waals surface area contributed by atoms with E-state index in [0.29, 0.717) is 0 Å². The van der Waals surface area contributed by atoms with Gasteiger partial charge in [0.25, 0.3) is 0 Å². The number of hydrogen-bond acceptors (Lipinski definition) is 5. The molecule has 0 fully saturated rings. The van der Waals surface area contributed by atoms with Crippen molar-refractivity contribution in [1.29, 1.82) is 5.26 Å². The first-order valence-electron chi connectivity index (χ1n) is 2.92. The van der Waals surface area contributed by atoms with Gasteiger partial charge in [-0.1, -0.05) is 0 Å². The third-order valence-electron chi connectivity index (χ3n) is 1.12. The Bertz CT molecular complexity index is 184. The fraction of sp³-hybridized carbons (Fsp3) is 0.800. The first kappa shape index (κ1) is 13.0. The summed E-state index contributed by atoms with van der Waals surface area (Å²) in [6.45, 7) is 0. The summed E-state index contributed by atoms with van der Waals surface area (Å²) in [5.41, 5.74) is 0. The van der Waals surface area contributed by atoms with E-state index in [2.05, 4.69) is 51.4 Å². The van der Waals surface area contributed by atoms with Crippen LogP contribution >= 0.6 is 57.4 Å². The van der Waals surface area contributed by atoms with Crippen molar-refractivity contribution in [2.24, 2.45) is 0 Å². The van der Waals surface area contributed by atoms with E-state index in [0.717, 1.165) is 0 Å². The van der Waals surface area contributed by atoms with Crippen LogP contribution in [0, 0.1) is 11.5 Å². The van der Waals surface area contributed by atoms with Crippen molar-refractivity contribution in [1.82, 2.24) is 9.21 Å². The van der Waals surface area contributed by atoms with Crippen LogP contribution in [0.25, 0.3) is 0 Å². The molecule has 0 aliphatic heterocycles. The van der Waals surface area contributed by atoms with Crippen molar-refractivity contribution in [3.05, 3.63) is 0 Å². The Morgan fingerprint density at radius 3 is 2.33 bits per heavy atom. The molecule has 0 atom stereocenters. The third kappa shape index (κ3) is 3.41. The molecule has 0 aromatic rings. The smallest absolute Gasteiger partial charge is 0.217 e. The van der Waals surface area contributed by atoms with Crippen LogP contribution < -0.4 is 0 Å². The highest BCUT2D eigenvalue weighted by molar-refractivity contribution is 14.2. The van der Waals surface area contributed by atoms with E-state index in [1.165, 1.54) is 12.2 Å². The van der Waals surface area contributed by atoms with Gasteiger partial charge in [0.1, 0.15) is 0 Å². The van der Waals surface area contributed by atoms with Gasteiger partial charge in [-0.15, -0.1) is 0 Å². The van der Waals surface area contributed by atoms with Crippen LogP contribution in [0.5, 0.6) is 0 Å². The Morgan fingerprint density at radius 2 is 2.00 bits per heavy atom. The SMILES string of the molecule is COSN(C)C(I)(I)N(C)C#N. The molecular formula is C5H9I2N3OS. The molecule has 0 unspecified atom stereocenters. The lowest BCUT2D eigenvalue weighted by molar-refractivity contribution is 0.300. The summed E-state index contributed by atoms with van der Waals surface area (Å²) in [5.74, 6) is 0. The molecule has 0 aliphatic carbocycles. The first-order chi connectivity index (χ1) is 5.46. The summed E-state index contributed by atoms with van der Waals surface area (Å²) in [4.78, 5) is 1.54. The van der Waals surface area contributed by atoms with Gasteiger partial charge in [0.2, 0.25) is 1.68 Å². The normalized spacial score (nSPS) is 11.4. The lowest BCUT2D eigenvalue weighted by atomic mass is 10.8. The quantitative estimate of drug-likeness (QED) is 0.103. The molecule has 0 aromatic heterocycles. The molecule has 0 amide bonds. The second-order valence-corrected chi connectivity index (χ2v) is 8.01. The zero-order valence-corrected chi connectivity index (χ0v) is 12.0. The Balaban J connectivity index is 4.29. The largest absolute Gasteiger partial charge is 0.304 e. The van der Waals surface area contributed by atoms with Crippen LogP contribution in [0.2, 0.25) is 0 Å². The maximum atomic E-state index is 8.68. The highest BCUT2D eigenvalue weighted by Gasteiger charge is 2.33. The van der Waals surface area contributed by atoms with E-state index in [-0.39, 0.29) is 0 Å². The average molecular weight is 413 g/mol. The van der Waals surface area contributed by atoms with Crippen LogP contribution in [0.4, 0.5) is 0 Å². The van der Waals surface area contributed by atoms with Gasteiger partial charge in [-0.25, -0.2) is 0 Å². The van der Waals surface area contributed by atoms with E-state index in [1.54, 1.807) is 19.1 Å². The van der Waals surface area contributed by atoms with E-state index >= 15 is 0 Å². The predicted octanol–water partition coefficient (Wildman–Crippen LogP) is 2.02. The molecule has 0 radical (unpaired) electrons. The maximum Gasteiger partial charge on any atom is 0.217 e. The first-order valence-corrected chi connectivity index (χ1v) is 5.78.